The monoisotopic (exact) mass is 274 g/mol. The molecule has 1 aromatic heterocycles. The van der Waals surface area contributed by atoms with Gasteiger partial charge in [0.2, 0.25) is 0 Å². The molecule has 0 saturated carbocycles. The maximum absolute atomic E-state index is 11.6. The number of anilines is 1. The lowest BCUT2D eigenvalue weighted by molar-refractivity contribution is 0.106. The van der Waals surface area contributed by atoms with Crippen molar-refractivity contribution >= 4 is 21.6 Å². The molecule has 1 rings (SSSR count). The molecule has 5 heteroatoms. The average molecular weight is 275 g/mol. The first-order valence-corrected chi connectivity index (χ1v) is 5.54. The number of aliphatic hydroxyl groups excluding tert-OH is 1. The minimum Gasteiger partial charge on any atom is -0.398 e. The molecule has 15 heavy (non-hydrogen) atoms. The fraction of sp³-hybridized carbons (Fsp3) is 0.500. The summed E-state index contributed by atoms with van der Waals surface area (Å²) in [5, 5.41) is 9.67. The van der Waals surface area contributed by atoms with E-state index in [1.807, 2.05) is 13.8 Å². The molecule has 0 aromatic carbocycles. The summed E-state index contributed by atoms with van der Waals surface area (Å²) in [6.45, 7) is 4.06. The van der Waals surface area contributed by atoms with Gasteiger partial charge in [0, 0.05) is 11.9 Å². The van der Waals surface area contributed by atoms with Gasteiger partial charge in [-0.1, -0.05) is 13.8 Å². The lowest BCUT2D eigenvalue weighted by Crippen LogP contribution is -2.29. The van der Waals surface area contributed by atoms with Crippen molar-refractivity contribution in [2.45, 2.75) is 26.5 Å². The number of nitrogen functional groups attached to an aromatic ring is 1. The first-order chi connectivity index (χ1) is 6.91. The van der Waals surface area contributed by atoms with E-state index in [1.165, 1.54) is 4.57 Å². The molecule has 0 bridgehead atoms. The van der Waals surface area contributed by atoms with Crippen LogP contribution < -0.4 is 11.3 Å². The van der Waals surface area contributed by atoms with Crippen molar-refractivity contribution in [3.63, 3.8) is 0 Å². The second-order valence-electron chi connectivity index (χ2n) is 3.89. The zero-order valence-corrected chi connectivity index (χ0v) is 10.4. The quantitative estimate of drug-likeness (QED) is 0.871. The van der Waals surface area contributed by atoms with Crippen molar-refractivity contribution in [3.8, 4) is 0 Å². The number of pyridine rings is 1. The minimum atomic E-state index is -0.545. The van der Waals surface area contributed by atoms with Crippen LogP contribution in [0.4, 0.5) is 5.69 Å². The Hall–Kier alpha value is -0.810. The van der Waals surface area contributed by atoms with Gasteiger partial charge < -0.3 is 15.4 Å². The third-order valence-corrected chi connectivity index (χ3v) is 2.78. The van der Waals surface area contributed by atoms with Gasteiger partial charge >= 0.3 is 0 Å². The van der Waals surface area contributed by atoms with E-state index in [4.69, 9.17) is 5.73 Å². The van der Waals surface area contributed by atoms with Crippen LogP contribution in [0.25, 0.3) is 0 Å². The Labute approximate surface area is 96.8 Å². The smallest absolute Gasteiger partial charge is 0.265 e. The van der Waals surface area contributed by atoms with Crippen LogP contribution in [0, 0.1) is 5.92 Å². The molecule has 0 aliphatic rings. The van der Waals surface area contributed by atoms with Crippen LogP contribution in [0.2, 0.25) is 0 Å². The molecule has 1 heterocycles. The molecular weight excluding hydrogens is 260 g/mol. The van der Waals surface area contributed by atoms with Crippen LogP contribution in [-0.4, -0.2) is 15.8 Å². The van der Waals surface area contributed by atoms with E-state index in [-0.39, 0.29) is 18.0 Å². The number of halogens is 1. The zero-order chi connectivity index (χ0) is 11.6. The van der Waals surface area contributed by atoms with Gasteiger partial charge in [-0.3, -0.25) is 4.79 Å². The number of hydrogen-bond donors (Lipinski definition) is 2. The number of rotatable bonds is 3. The highest BCUT2D eigenvalue weighted by Crippen LogP contribution is 2.10. The van der Waals surface area contributed by atoms with E-state index in [9.17, 15) is 9.90 Å². The van der Waals surface area contributed by atoms with Crippen molar-refractivity contribution in [3.05, 3.63) is 27.1 Å². The summed E-state index contributed by atoms with van der Waals surface area (Å²) in [4.78, 5) is 11.6. The molecule has 84 valence electrons. The second kappa shape index (κ2) is 4.81. The lowest BCUT2D eigenvalue weighted by atomic mass is 10.1. The first kappa shape index (κ1) is 12.3. The lowest BCUT2D eigenvalue weighted by Gasteiger charge is -2.16. The van der Waals surface area contributed by atoms with Crippen molar-refractivity contribution in [1.29, 1.82) is 0 Å². The molecule has 1 unspecified atom stereocenters. The third kappa shape index (κ3) is 3.07. The summed E-state index contributed by atoms with van der Waals surface area (Å²) in [6.07, 6.45) is 0.995. The van der Waals surface area contributed by atoms with Gasteiger partial charge in [-0.05, 0) is 27.9 Å². The normalized spacial score (nSPS) is 13.1. The predicted molar refractivity (Wildman–Crippen MR) is 63.7 cm³/mol. The zero-order valence-electron chi connectivity index (χ0n) is 8.77. The molecule has 0 amide bonds. The Bertz CT molecular complexity index is 401. The van der Waals surface area contributed by atoms with Crippen molar-refractivity contribution < 1.29 is 5.11 Å². The van der Waals surface area contributed by atoms with Gasteiger partial charge in [0.25, 0.3) is 5.56 Å². The van der Waals surface area contributed by atoms with E-state index in [1.54, 1.807) is 12.3 Å². The summed E-state index contributed by atoms with van der Waals surface area (Å²) in [5.41, 5.74) is 5.93. The molecule has 0 fully saturated rings. The fourth-order valence-corrected chi connectivity index (χ4v) is 1.66. The molecule has 0 saturated heterocycles. The molecular formula is C10H15BrN2O2. The Kier molecular flexibility index (Phi) is 3.93. The SMILES string of the molecule is CC(C)C(O)Cn1cc(N)cc(Br)c1=O. The summed E-state index contributed by atoms with van der Waals surface area (Å²) < 4.78 is 1.84. The Morgan fingerprint density at radius 1 is 1.60 bits per heavy atom. The van der Waals surface area contributed by atoms with E-state index in [0.29, 0.717) is 10.2 Å². The van der Waals surface area contributed by atoms with Crippen molar-refractivity contribution in [2.75, 3.05) is 5.73 Å². The van der Waals surface area contributed by atoms with Gasteiger partial charge in [-0.2, -0.15) is 0 Å². The highest BCUT2D eigenvalue weighted by molar-refractivity contribution is 9.10. The van der Waals surface area contributed by atoms with Crippen molar-refractivity contribution in [2.24, 2.45) is 5.92 Å². The summed E-state index contributed by atoms with van der Waals surface area (Å²) >= 11 is 3.13. The molecule has 0 radical (unpaired) electrons. The standard InChI is InChI=1S/C10H15BrN2O2/c1-6(2)9(14)5-13-4-7(12)3-8(11)10(13)15/h3-4,6,9,14H,5,12H2,1-2H3. The molecule has 0 aliphatic carbocycles. The number of aliphatic hydroxyl groups is 1. The molecule has 1 atom stereocenters. The van der Waals surface area contributed by atoms with E-state index in [2.05, 4.69) is 15.9 Å². The van der Waals surface area contributed by atoms with Crippen LogP contribution in [0.3, 0.4) is 0 Å². The van der Waals surface area contributed by atoms with E-state index >= 15 is 0 Å². The van der Waals surface area contributed by atoms with E-state index < -0.39 is 6.10 Å². The minimum absolute atomic E-state index is 0.108. The third-order valence-electron chi connectivity index (χ3n) is 2.22. The van der Waals surface area contributed by atoms with Crippen molar-refractivity contribution in [1.82, 2.24) is 4.57 Å². The van der Waals surface area contributed by atoms with Crippen LogP contribution in [0.5, 0.6) is 0 Å². The first-order valence-electron chi connectivity index (χ1n) is 4.75. The van der Waals surface area contributed by atoms with Gasteiger partial charge in [-0.25, -0.2) is 0 Å². The van der Waals surface area contributed by atoms with Gasteiger partial charge in [0.15, 0.2) is 0 Å². The Morgan fingerprint density at radius 3 is 2.73 bits per heavy atom. The maximum Gasteiger partial charge on any atom is 0.265 e. The second-order valence-corrected chi connectivity index (χ2v) is 4.74. The van der Waals surface area contributed by atoms with Gasteiger partial charge in [0.05, 0.1) is 17.1 Å². The highest BCUT2D eigenvalue weighted by Gasteiger charge is 2.12. The van der Waals surface area contributed by atoms with Crippen LogP contribution in [-0.2, 0) is 6.54 Å². The van der Waals surface area contributed by atoms with Crippen LogP contribution >= 0.6 is 15.9 Å². The summed E-state index contributed by atoms with van der Waals surface area (Å²) in [7, 11) is 0. The molecule has 4 nitrogen and oxygen atoms in total. The summed E-state index contributed by atoms with van der Waals surface area (Å²) in [6, 6.07) is 1.56. The number of aromatic nitrogens is 1. The average Bonchev–Trinajstić information content (AvgIpc) is 2.13. The van der Waals surface area contributed by atoms with Gasteiger partial charge in [0.1, 0.15) is 0 Å². The Morgan fingerprint density at radius 2 is 2.20 bits per heavy atom. The number of nitrogens with zero attached hydrogens (tertiary/aromatic N) is 1. The molecule has 0 aliphatic heterocycles. The highest BCUT2D eigenvalue weighted by atomic mass is 79.9. The fourth-order valence-electron chi connectivity index (χ4n) is 1.17. The van der Waals surface area contributed by atoms with Crippen LogP contribution in [0.1, 0.15) is 13.8 Å². The number of nitrogens with two attached hydrogens (primary N) is 1. The van der Waals surface area contributed by atoms with Crippen LogP contribution in [0.15, 0.2) is 21.5 Å². The predicted octanol–water partition coefficient (Wildman–Crippen LogP) is 1.21. The maximum atomic E-state index is 11.6. The largest absolute Gasteiger partial charge is 0.398 e. The van der Waals surface area contributed by atoms with Gasteiger partial charge in [-0.15, -0.1) is 0 Å². The topological polar surface area (TPSA) is 68.2 Å². The Balaban J connectivity index is 3.00. The van der Waals surface area contributed by atoms with E-state index in [0.717, 1.165) is 0 Å². The summed E-state index contributed by atoms with van der Waals surface area (Å²) in [5.74, 6) is 0.108. The molecule has 1 aromatic rings. The molecule has 3 N–H and O–H groups in total. The number of hydrogen-bond acceptors (Lipinski definition) is 3. The molecule has 0 spiro atoms.